The fourth-order valence-electron chi connectivity index (χ4n) is 4.03. The van der Waals surface area contributed by atoms with Crippen molar-refractivity contribution < 1.29 is 14.3 Å². The third-order valence-corrected chi connectivity index (χ3v) is 5.79. The summed E-state index contributed by atoms with van der Waals surface area (Å²) in [6.07, 6.45) is 4.00. The van der Waals surface area contributed by atoms with E-state index in [1.807, 2.05) is 55.5 Å². The Morgan fingerprint density at radius 3 is 2.41 bits per heavy atom. The Morgan fingerprint density at radius 2 is 1.69 bits per heavy atom. The molecule has 1 aliphatic rings. The Balaban J connectivity index is 1.59. The Kier molecular flexibility index (Phi) is 6.50. The molecule has 32 heavy (non-hydrogen) atoms. The molecule has 2 aromatic carbocycles. The number of para-hydroxylation sites is 1. The second-order valence-corrected chi connectivity index (χ2v) is 7.84. The first-order valence-electron chi connectivity index (χ1n) is 10.9. The molecule has 2 heterocycles. The zero-order valence-electron chi connectivity index (χ0n) is 18.4. The van der Waals surface area contributed by atoms with E-state index < -0.39 is 6.04 Å². The van der Waals surface area contributed by atoms with Gasteiger partial charge in [-0.1, -0.05) is 36.4 Å². The lowest BCUT2D eigenvalue weighted by Gasteiger charge is -2.39. The van der Waals surface area contributed by atoms with Crippen LogP contribution in [0.15, 0.2) is 73.1 Å². The monoisotopic (exact) mass is 429 g/mol. The molecule has 6 heteroatoms. The number of benzene rings is 2. The minimum Gasteiger partial charge on any atom is -0.493 e. The van der Waals surface area contributed by atoms with Crippen LogP contribution in [-0.2, 0) is 11.2 Å². The fraction of sp³-hybridized carbons (Fsp3) is 0.269. The van der Waals surface area contributed by atoms with Crippen molar-refractivity contribution in [2.45, 2.75) is 19.4 Å². The molecule has 6 nitrogen and oxygen atoms in total. The molecule has 0 saturated carbocycles. The van der Waals surface area contributed by atoms with Crippen molar-refractivity contribution in [1.29, 1.82) is 0 Å². The molecule has 0 unspecified atom stereocenters. The molecule has 0 N–H and O–H groups in total. The van der Waals surface area contributed by atoms with Crippen LogP contribution in [0, 0.1) is 0 Å². The van der Waals surface area contributed by atoms with E-state index in [9.17, 15) is 9.59 Å². The summed E-state index contributed by atoms with van der Waals surface area (Å²) >= 11 is 0. The molecule has 0 bridgehead atoms. The topological polar surface area (TPSA) is 62.7 Å². The second kappa shape index (κ2) is 9.64. The van der Waals surface area contributed by atoms with E-state index in [-0.39, 0.29) is 11.8 Å². The number of aromatic nitrogens is 1. The summed E-state index contributed by atoms with van der Waals surface area (Å²) in [4.78, 5) is 34.0. The maximum absolute atomic E-state index is 13.5. The number of nitrogens with zero attached hydrogens (tertiary/aromatic N) is 3. The number of hydrogen-bond donors (Lipinski definition) is 0. The van der Waals surface area contributed by atoms with Gasteiger partial charge < -0.3 is 14.5 Å². The van der Waals surface area contributed by atoms with Crippen molar-refractivity contribution in [1.82, 2.24) is 14.8 Å². The lowest BCUT2D eigenvalue weighted by atomic mass is 9.98. The van der Waals surface area contributed by atoms with Gasteiger partial charge in [0.1, 0.15) is 11.8 Å². The molecule has 1 aliphatic heterocycles. The molecule has 0 aliphatic carbocycles. The SMILES string of the molecule is CCOc1ccccc1C(=O)N1CCN(C)C(=O)[C@@H]1Cc1ccc(-c2ccncc2)cc1. The van der Waals surface area contributed by atoms with Gasteiger partial charge in [-0.2, -0.15) is 0 Å². The van der Waals surface area contributed by atoms with Gasteiger partial charge in [0.25, 0.3) is 5.91 Å². The van der Waals surface area contributed by atoms with Crippen LogP contribution in [0.1, 0.15) is 22.8 Å². The fourth-order valence-corrected chi connectivity index (χ4v) is 4.03. The second-order valence-electron chi connectivity index (χ2n) is 7.84. The summed E-state index contributed by atoms with van der Waals surface area (Å²) in [6, 6.07) is 18.7. The number of likely N-dealkylation sites (N-methyl/N-ethyl adjacent to an activating group) is 1. The zero-order valence-corrected chi connectivity index (χ0v) is 18.4. The summed E-state index contributed by atoms with van der Waals surface area (Å²) in [5, 5.41) is 0. The van der Waals surface area contributed by atoms with Gasteiger partial charge in [-0.3, -0.25) is 14.6 Å². The summed E-state index contributed by atoms with van der Waals surface area (Å²) in [5.74, 6) is 0.331. The van der Waals surface area contributed by atoms with Crippen LogP contribution in [0.4, 0.5) is 0 Å². The Hall–Kier alpha value is -3.67. The summed E-state index contributed by atoms with van der Waals surface area (Å²) in [5.41, 5.74) is 3.67. The lowest BCUT2D eigenvalue weighted by Crippen LogP contribution is -2.58. The number of carbonyl (C=O) groups is 2. The molecule has 2 amide bonds. The molecule has 164 valence electrons. The molecular formula is C26H27N3O3. The van der Waals surface area contributed by atoms with Crippen LogP contribution in [-0.4, -0.2) is 59.4 Å². The number of rotatable bonds is 6. The van der Waals surface area contributed by atoms with Gasteiger partial charge >= 0.3 is 0 Å². The molecule has 1 aromatic heterocycles. The molecule has 0 spiro atoms. The normalized spacial score (nSPS) is 16.2. The average Bonchev–Trinajstić information content (AvgIpc) is 2.83. The van der Waals surface area contributed by atoms with E-state index in [0.717, 1.165) is 16.7 Å². The van der Waals surface area contributed by atoms with Crippen LogP contribution in [0.2, 0.25) is 0 Å². The average molecular weight is 430 g/mol. The summed E-state index contributed by atoms with van der Waals surface area (Å²) in [7, 11) is 1.79. The highest BCUT2D eigenvalue weighted by atomic mass is 16.5. The van der Waals surface area contributed by atoms with E-state index >= 15 is 0 Å². The molecule has 4 rings (SSSR count). The first-order valence-corrected chi connectivity index (χ1v) is 10.9. The highest BCUT2D eigenvalue weighted by Gasteiger charge is 2.37. The zero-order chi connectivity index (χ0) is 22.5. The Bertz CT molecular complexity index is 1080. The van der Waals surface area contributed by atoms with Gasteiger partial charge in [0, 0.05) is 39.0 Å². The minimum atomic E-state index is -0.553. The molecule has 1 saturated heterocycles. The molecule has 3 aromatic rings. The highest BCUT2D eigenvalue weighted by molar-refractivity contribution is 6.00. The van der Waals surface area contributed by atoms with Crippen LogP contribution in [0.5, 0.6) is 5.75 Å². The maximum atomic E-state index is 13.5. The van der Waals surface area contributed by atoms with Crippen LogP contribution < -0.4 is 4.74 Å². The molecule has 1 atom stereocenters. The summed E-state index contributed by atoms with van der Waals surface area (Å²) < 4.78 is 5.66. The number of ether oxygens (including phenoxy) is 1. The molecule has 0 radical (unpaired) electrons. The molecule has 1 fully saturated rings. The highest BCUT2D eigenvalue weighted by Crippen LogP contribution is 2.25. The first kappa shape index (κ1) is 21.6. The van der Waals surface area contributed by atoms with Crippen molar-refractivity contribution in [3.05, 3.63) is 84.2 Å². The number of amides is 2. The first-order chi connectivity index (χ1) is 15.6. The standard InChI is InChI=1S/C26H27N3O3/c1-3-32-24-7-5-4-6-22(24)25(30)29-17-16-28(2)26(31)23(29)18-19-8-10-20(11-9-19)21-12-14-27-15-13-21/h4-15,23H,3,16-18H2,1-2H3/t23-/m0/s1. The third kappa shape index (κ3) is 4.49. The number of carbonyl (C=O) groups excluding carboxylic acids is 2. The Morgan fingerprint density at radius 1 is 1.00 bits per heavy atom. The van der Waals surface area contributed by atoms with Crippen molar-refractivity contribution in [2.75, 3.05) is 26.7 Å². The van der Waals surface area contributed by atoms with Gasteiger partial charge in [-0.05, 0) is 47.9 Å². The van der Waals surface area contributed by atoms with Crippen molar-refractivity contribution in [2.24, 2.45) is 0 Å². The maximum Gasteiger partial charge on any atom is 0.258 e. The minimum absolute atomic E-state index is 0.0447. The lowest BCUT2D eigenvalue weighted by molar-refractivity contribution is -0.138. The van der Waals surface area contributed by atoms with E-state index in [1.54, 1.807) is 41.4 Å². The van der Waals surface area contributed by atoms with E-state index in [0.29, 0.717) is 37.4 Å². The van der Waals surface area contributed by atoms with E-state index in [4.69, 9.17) is 4.74 Å². The van der Waals surface area contributed by atoms with Crippen molar-refractivity contribution >= 4 is 11.8 Å². The van der Waals surface area contributed by atoms with E-state index in [1.165, 1.54) is 0 Å². The molecular weight excluding hydrogens is 402 g/mol. The van der Waals surface area contributed by atoms with Crippen LogP contribution in [0.3, 0.4) is 0 Å². The number of piperazine rings is 1. The largest absolute Gasteiger partial charge is 0.493 e. The van der Waals surface area contributed by atoms with Gasteiger partial charge in [0.2, 0.25) is 5.91 Å². The van der Waals surface area contributed by atoms with Gasteiger partial charge in [-0.15, -0.1) is 0 Å². The third-order valence-electron chi connectivity index (χ3n) is 5.79. The predicted octanol–water partition coefficient (Wildman–Crippen LogP) is 3.67. The van der Waals surface area contributed by atoms with Crippen LogP contribution >= 0.6 is 0 Å². The van der Waals surface area contributed by atoms with Crippen molar-refractivity contribution in [3.63, 3.8) is 0 Å². The number of pyridine rings is 1. The van der Waals surface area contributed by atoms with Crippen molar-refractivity contribution in [3.8, 4) is 16.9 Å². The summed E-state index contributed by atoms with van der Waals surface area (Å²) in [6.45, 7) is 3.36. The van der Waals surface area contributed by atoms with Crippen LogP contribution in [0.25, 0.3) is 11.1 Å². The Labute approximate surface area is 188 Å². The van der Waals surface area contributed by atoms with E-state index in [2.05, 4.69) is 4.98 Å². The van der Waals surface area contributed by atoms with Gasteiger partial charge in [0.05, 0.1) is 12.2 Å². The quantitative estimate of drug-likeness (QED) is 0.600. The smallest absolute Gasteiger partial charge is 0.258 e. The van der Waals surface area contributed by atoms with Gasteiger partial charge in [0.15, 0.2) is 0 Å². The predicted molar refractivity (Wildman–Crippen MR) is 123 cm³/mol. The number of hydrogen-bond acceptors (Lipinski definition) is 4. The van der Waals surface area contributed by atoms with Gasteiger partial charge in [-0.25, -0.2) is 0 Å².